The predicted molar refractivity (Wildman–Crippen MR) is 162 cm³/mol. The summed E-state index contributed by atoms with van der Waals surface area (Å²) in [6.45, 7) is 6.37. The van der Waals surface area contributed by atoms with E-state index in [1.807, 2.05) is 0 Å². The van der Waals surface area contributed by atoms with Crippen LogP contribution in [0.1, 0.15) is 36.7 Å². The zero-order valence-electron chi connectivity index (χ0n) is 24.2. The molecule has 226 valence electrons. The van der Waals surface area contributed by atoms with E-state index in [-0.39, 0.29) is 17.8 Å². The molecule has 3 amide bonds. The van der Waals surface area contributed by atoms with Crippen molar-refractivity contribution in [1.82, 2.24) is 5.32 Å². The molecule has 0 atom stereocenters. The van der Waals surface area contributed by atoms with Crippen molar-refractivity contribution in [3.63, 3.8) is 0 Å². The minimum atomic E-state index is -3.57. The monoisotopic (exact) mass is 600 g/mol. The summed E-state index contributed by atoms with van der Waals surface area (Å²) >= 11 is 0. The van der Waals surface area contributed by atoms with Crippen LogP contribution in [-0.4, -0.2) is 53.5 Å². The molecule has 0 aromatic heterocycles. The first-order chi connectivity index (χ1) is 20.1. The lowest BCUT2D eigenvalue weighted by molar-refractivity contribution is 0.102. The molecule has 0 bridgehead atoms. The highest BCUT2D eigenvalue weighted by Gasteiger charge is 2.18. The van der Waals surface area contributed by atoms with Crippen molar-refractivity contribution in [2.75, 3.05) is 48.5 Å². The zero-order chi connectivity index (χ0) is 30.7. The third-order valence-corrected chi connectivity index (χ3v) is 6.20. The summed E-state index contributed by atoms with van der Waals surface area (Å²) < 4.78 is 48.2. The summed E-state index contributed by atoms with van der Waals surface area (Å²) in [4.78, 5) is 26.0. The minimum Gasteiger partial charge on any atom is -0.497 e. The van der Waals surface area contributed by atoms with Crippen molar-refractivity contribution in [3.05, 3.63) is 65.7 Å². The van der Waals surface area contributed by atoms with E-state index in [2.05, 4.69) is 20.7 Å². The molecule has 0 saturated carbocycles. The molecule has 0 saturated heterocycles. The van der Waals surface area contributed by atoms with Crippen LogP contribution in [0.3, 0.4) is 0 Å². The molecule has 0 heterocycles. The third kappa shape index (κ3) is 9.20. The minimum absolute atomic E-state index is 0.0423. The van der Waals surface area contributed by atoms with Gasteiger partial charge in [-0.05, 0) is 57.2 Å². The summed E-state index contributed by atoms with van der Waals surface area (Å²) in [6.07, 6.45) is 1.04. The quantitative estimate of drug-likeness (QED) is 0.205. The molecule has 12 nitrogen and oxygen atoms in total. The van der Waals surface area contributed by atoms with Crippen molar-refractivity contribution in [2.24, 2.45) is 0 Å². The highest BCUT2D eigenvalue weighted by atomic mass is 32.2. The lowest BCUT2D eigenvalue weighted by Crippen LogP contribution is -2.28. The maximum absolute atomic E-state index is 13.1. The van der Waals surface area contributed by atoms with E-state index in [1.165, 1.54) is 19.2 Å². The second kappa shape index (κ2) is 14.8. The average Bonchev–Trinajstić information content (AvgIpc) is 2.94. The Morgan fingerprint density at radius 3 is 2.12 bits per heavy atom. The number of urea groups is 1. The Labute approximate surface area is 245 Å². The molecule has 3 aromatic rings. The van der Waals surface area contributed by atoms with Gasteiger partial charge >= 0.3 is 6.03 Å². The summed E-state index contributed by atoms with van der Waals surface area (Å²) in [5.41, 5.74) is 1.92. The lowest BCUT2D eigenvalue weighted by atomic mass is 10.1. The molecule has 0 aliphatic carbocycles. The van der Waals surface area contributed by atoms with Crippen molar-refractivity contribution in [1.29, 1.82) is 0 Å². The number of methoxy groups -OCH3 is 1. The molecule has 13 heteroatoms. The lowest BCUT2D eigenvalue weighted by Gasteiger charge is -2.18. The van der Waals surface area contributed by atoms with Crippen LogP contribution in [0, 0.1) is 0 Å². The van der Waals surface area contributed by atoms with E-state index < -0.39 is 22.0 Å². The normalized spacial score (nSPS) is 10.8. The number of rotatable bonds is 14. The number of benzene rings is 3. The first kappa shape index (κ1) is 31.9. The number of hydrogen-bond donors (Lipinski definition) is 4. The fraction of sp³-hybridized carbons (Fsp3) is 0.310. The third-order valence-electron chi connectivity index (χ3n) is 5.61. The van der Waals surface area contributed by atoms with Gasteiger partial charge in [0, 0.05) is 35.6 Å². The smallest absolute Gasteiger partial charge is 0.319 e. The molecule has 0 aliphatic rings. The van der Waals surface area contributed by atoms with Gasteiger partial charge in [-0.25, -0.2) is 13.2 Å². The van der Waals surface area contributed by atoms with Crippen LogP contribution < -0.4 is 39.6 Å². The van der Waals surface area contributed by atoms with Crippen LogP contribution in [0.4, 0.5) is 21.9 Å². The molecule has 0 aliphatic heterocycles. The number of hydrogen-bond acceptors (Lipinski definition) is 8. The highest BCUT2D eigenvalue weighted by Crippen LogP contribution is 2.34. The number of carbonyl (C=O) groups excluding carboxylic acids is 2. The molecule has 0 spiro atoms. The number of sulfonamides is 1. The van der Waals surface area contributed by atoms with Crippen molar-refractivity contribution < 1.29 is 37.0 Å². The van der Waals surface area contributed by atoms with Crippen molar-refractivity contribution >= 4 is 39.0 Å². The maximum Gasteiger partial charge on any atom is 0.319 e. The summed E-state index contributed by atoms with van der Waals surface area (Å²) in [5, 5.41) is 8.29. The fourth-order valence-electron chi connectivity index (χ4n) is 3.90. The van der Waals surface area contributed by atoms with E-state index in [4.69, 9.17) is 18.9 Å². The van der Waals surface area contributed by atoms with Crippen LogP contribution in [0.2, 0.25) is 0 Å². The molecular formula is C29H36N4O8S. The zero-order valence-corrected chi connectivity index (χ0v) is 25.0. The Hall–Kier alpha value is -4.65. The molecular weight excluding hydrogens is 564 g/mol. The first-order valence-corrected chi connectivity index (χ1v) is 15.1. The van der Waals surface area contributed by atoms with E-state index in [9.17, 15) is 18.0 Å². The first-order valence-electron chi connectivity index (χ1n) is 13.2. The number of amides is 3. The number of ether oxygens (including phenoxy) is 4. The van der Waals surface area contributed by atoms with E-state index in [1.54, 1.807) is 63.2 Å². The van der Waals surface area contributed by atoms with Crippen LogP contribution in [0.5, 0.6) is 23.0 Å². The number of carbonyl (C=O) groups is 2. The average molecular weight is 601 g/mol. The van der Waals surface area contributed by atoms with Gasteiger partial charge in [0.05, 0.1) is 44.4 Å². The standard InChI is InChI=1S/C29H36N4O8S/c1-6-39-25-13-12-21(16-23(25)28(34)31-20-10-9-11-22(15-20)38-4)32-29(35)30-18-19-14-27(41-8-3)24(33-42(5,36)37)17-26(19)40-7-2/h9-17,33H,6-8,18H2,1-5H3,(H,31,34)(H2,30,32,35). The van der Waals surface area contributed by atoms with E-state index in [0.717, 1.165) is 6.26 Å². The van der Waals surface area contributed by atoms with Gasteiger partial charge in [-0.2, -0.15) is 0 Å². The van der Waals surface area contributed by atoms with Crippen molar-refractivity contribution in [2.45, 2.75) is 27.3 Å². The molecule has 0 unspecified atom stereocenters. The molecule has 0 radical (unpaired) electrons. The molecule has 4 N–H and O–H groups in total. The Balaban J connectivity index is 1.78. The second-order valence-electron chi connectivity index (χ2n) is 8.83. The molecule has 0 fully saturated rings. The maximum atomic E-state index is 13.1. The molecule has 3 aromatic carbocycles. The van der Waals surface area contributed by atoms with Gasteiger partial charge in [0.15, 0.2) is 0 Å². The van der Waals surface area contributed by atoms with Gasteiger partial charge < -0.3 is 34.9 Å². The Morgan fingerprint density at radius 1 is 0.786 bits per heavy atom. The van der Waals surface area contributed by atoms with Crippen LogP contribution in [0.15, 0.2) is 54.6 Å². The van der Waals surface area contributed by atoms with Gasteiger partial charge in [-0.1, -0.05) is 6.07 Å². The van der Waals surface area contributed by atoms with Gasteiger partial charge in [0.1, 0.15) is 23.0 Å². The van der Waals surface area contributed by atoms with Crippen molar-refractivity contribution in [3.8, 4) is 23.0 Å². The molecule has 3 rings (SSSR count). The largest absolute Gasteiger partial charge is 0.497 e. The summed E-state index contributed by atoms with van der Waals surface area (Å²) in [6, 6.07) is 14.3. The Kier molecular flexibility index (Phi) is 11.3. The van der Waals surface area contributed by atoms with Crippen LogP contribution in [0.25, 0.3) is 0 Å². The summed E-state index contributed by atoms with van der Waals surface area (Å²) in [7, 11) is -2.03. The van der Waals surface area contributed by atoms with Gasteiger partial charge in [-0.15, -0.1) is 0 Å². The van der Waals surface area contributed by atoms with E-state index in [0.29, 0.717) is 59.8 Å². The van der Waals surface area contributed by atoms with Crippen LogP contribution >= 0.6 is 0 Å². The van der Waals surface area contributed by atoms with Gasteiger partial charge in [0.25, 0.3) is 5.91 Å². The number of anilines is 3. The Morgan fingerprint density at radius 2 is 1.45 bits per heavy atom. The highest BCUT2D eigenvalue weighted by molar-refractivity contribution is 7.92. The Bertz CT molecular complexity index is 1510. The topological polar surface area (TPSA) is 153 Å². The van der Waals surface area contributed by atoms with Crippen LogP contribution in [-0.2, 0) is 16.6 Å². The molecule has 42 heavy (non-hydrogen) atoms. The number of nitrogens with one attached hydrogen (secondary N) is 4. The van der Waals surface area contributed by atoms with Gasteiger partial charge in [0.2, 0.25) is 10.0 Å². The SMILES string of the molecule is CCOc1cc(NS(C)(=O)=O)c(OCC)cc1CNC(=O)Nc1ccc(OCC)c(C(=O)Nc2cccc(OC)c2)c1. The second-order valence-corrected chi connectivity index (χ2v) is 10.6. The van der Waals surface area contributed by atoms with E-state index >= 15 is 0 Å². The summed E-state index contributed by atoms with van der Waals surface area (Å²) in [5.74, 6) is 1.19. The predicted octanol–water partition coefficient (Wildman–Crippen LogP) is 4.84. The fourth-order valence-corrected chi connectivity index (χ4v) is 4.46. The van der Waals surface area contributed by atoms with Gasteiger partial charge in [-0.3, -0.25) is 9.52 Å².